The van der Waals surface area contributed by atoms with Crippen LogP contribution in [0.5, 0.6) is 0 Å². The number of carboxylic acids is 1. The molecule has 0 atom stereocenters. The fraction of sp³-hybridized carbons (Fsp3) is 0.125. The highest BCUT2D eigenvalue weighted by Gasteiger charge is 1.76. The second-order valence-electron chi connectivity index (χ2n) is 1.31. The first-order valence-electron chi connectivity index (χ1n) is 2.78. The van der Waals surface area contributed by atoms with Gasteiger partial charge in [0.05, 0.1) is 0 Å². The first-order valence-corrected chi connectivity index (χ1v) is 2.78. The highest BCUT2D eigenvalue weighted by molar-refractivity contribution is 5.79. The molecule has 0 unspecified atom stereocenters. The highest BCUT2D eigenvalue weighted by Crippen LogP contribution is 1.65. The second kappa shape index (κ2) is 10.6. The van der Waals surface area contributed by atoms with Gasteiger partial charge in [-0.25, -0.2) is 4.79 Å². The Labute approximate surface area is 61.2 Å². The van der Waals surface area contributed by atoms with Gasteiger partial charge < -0.3 is 5.11 Å². The van der Waals surface area contributed by atoms with E-state index in [-0.39, 0.29) is 0 Å². The lowest BCUT2D eigenvalue weighted by molar-refractivity contribution is -0.131. The van der Waals surface area contributed by atoms with E-state index in [1.165, 1.54) is 6.08 Å². The maximum absolute atomic E-state index is 9.51. The molecule has 0 aromatic heterocycles. The van der Waals surface area contributed by atoms with Gasteiger partial charge in [-0.3, -0.25) is 0 Å². The maximum Gasteiger partial charge on any atom is 0.327 e. The van der Waals surface area contributed by atoms with Crippen LogP contribution in [0.2, 0.25) is 0 Å². The van der Waals surface area contributed by atoms with Crippen molar-refractivity contribution in [2.45, 2.75) is 6.92 Å². The van der Waals surface area contributed by atoms with Crippen molar-refractivity contribution in [1.82, 2.24) is 0 Å². The zero-order valence-corrected chi connectivity index (χ0v) is 6.08. The molecule has 0 saturated carbocycles. The minimum atomic E-state index is -0.891. The fourth-order valence-electron chi connectivity index (χ4n) is 0.143. The van der Waals surface area contributed by atoms with Crippen LogP contribution in [0.4, 0.5) is 0 Å². The molecule has 0 radical (unpaired) electrons. The van der Waals surface area contributed by atoms with Crippen LogP contribution in [0.1, 0.15) is 6.92 Å². The summed E-state index contributed by atoms with van der Waals surface area (Å²) in [6.45, 7) is 8.38. The molecule has 0 aromatic carbocycles. The van der Waals surface area contributed by atoms with Gasteiger partial charge in [0, 0.05) is 6.08 Å². The summed E-state index contributed by atoms with van der Waals surface area (Å²) in [5.41, 5.74) is 0. The molecule has 2 heteroatoms. The van der Waals surface area contributed by atoms with Gasteiger partial charge >= 0.3 is 5.97 Å². The average Bonchev–Trinajstić information content (AvgIpc) is 1.89. The van der Waals surface area contributed by atoms with Crippen LogP contribution in [0.15, 0.2) is 37.5 Å². The molecule has 0 aliphatic carbocycles. The first kappa shape index (κ1) is 11.5. The van der Waals surface area contributed by atoms with Crippen molar-refractivity contribution in [2.24, 2.45) is 0 Å². The largest absolute Gasteiger partial charge is 0.478 e. The van der Waals surface area contributed by atoms with Crippen molar-refractivity contribution in [3.63, 3.8) is 0 Å². The highest BCUT2D eigenvalue weighted by atomic mass is 16.4. The van der Waals surface area contributed by atoms with Gasteiger partial charge in [-0.15, -0.1) is 0 Å². The number of rotatable bonds is 2. The van der Waals surface area contributed by atoms with Crippen molar-refractivity contribution in [1.29, 1.82) is 0 Å². The van der Waals surface area contributed by atoms with E-state index < -0.39 is 5.97 Å². The van der Waals surface area contributed by atoms with Crippen molar-refractivity contribution in [3.05, 3.63) is 37.5 Å². The smallest absolute Gasteiger partial charge is 0.327 e. The van der Waals surface area contributed by atoms with Gasteiger partial charge in [0.15, 0.2) is 0 Å². The monoisotopic (exact) mass is 140 g/mol. The van der Waals surface area contributed by atoms with Crippen LogP contribution < -0.4 is 0 Å². The van der Waals surface area contributed by atoms with E-state index in [2.05, 4.69) is 13.2 Å². The molecule has 0 aromatic rings. The summed E-state index contributed by atoms with van der Waals surface area (Å²) in [5.74, 6) is -0.891. The molecular weight excluding hydrogens is 128 g/mol. The molecule has 10 heavy (non-hydrogen) atoms. The van der Waals surface area contributed by atoms with Crippen LogP contribution in [0.3, 0.4) is 0 Å². The van der Waals surface area contributed by atoms with Gasteiger partial charge in [0.2, 0.25) is 0 Å². The summed E-state index contributed by atoms with van der Waals surface area (Å²) in [7, 11) is 0. The molecule has 0 spiro atoms. The average molecular weight is 140 g/mol. The topological polar surface area (TPSA) is 37.3 Å². The third kappa shape index (κ3) is 29.9. The molecule has 0 bridgehead atoms. The summed E-state index contributed by atoms with van der Waals surface area (Å²) in [5, 5.41) is 7.83. The molecule has 0 aliphatic heterocycles. The fourth-order valence-corrected chi connectivity index (χ4v) is 0.143. The standard InChI is InChI=1S/C4H6O2.C4H6/c1-2-3-4(5)6;1-3-4-2/h2-3H,1H3,(H,5,6);3-4H,1-2H2/b3-2+;. The minimum absolute atomic E-state index is 0.891. The molecule has 0 saturated heterocycles. The summed E-state index contributed by atoms with van der Waals surface area (Å²) in [6.07, 6.45) is 5.84. The zero-order chi connectivity index (χ0) is 8.41. The molecule has 1 N–H and O–H groups in total. The summed E-state index contributed by atoms with van der Waals surface area (Å²) < 4.78 is 0. The summed E-state index contributed by atoms with van der Waals surface area (Å²) in [4.78, 5) is 9.51. The van der Waals surface area contributed by atoms with E-state index in [1.807, 2.05) is 0 Å². The summed E-state index contributed by atoms with van der Waals surface area (Å²) in [6, 6.07) is 0. The molecule has 0 heterocycles. The third-order valence-corrected chi connectivity index (χ3v) is 0.476. The molecule has 0 rings (SSSR count). The predicted octanol–water partition coefficient (Wildman–Crippen LogP) is 2.01. The van der Waals surface area contributed by atoms with Crippen LogP contribution in [-0.4, -0.2) is 11.1 Å². The van der Waals surface area contributed by atoms with Gasteiger partial charge in [0.25, 0.3) is 0 Å². The molecule has 0 amide bonds. The van der Waals surface area contributed by atoms with Crippen molar-refractivity contribution in [3.8, 4) is 0 Å². The third-order valence-electron chi connectivity index (χ3n) is 0.476. The van der Waals surface area contributed by atoms with Crippen LogP contribution in [0, 0.1) is 0 Å². The molecule has 56 valence electrons. The van der Waals surface area contributed by atoms with Crippen molar-refractivity contribution in [2.75, 3.05) is 0 Å². The Morgan fingerprint density at radius 2 is 1.80 bits per heavy atom. The van der Waals surface area contributed by atoms with E-state index in [0.717, 1.165) is 6.08 Å². The van der Waals surface area contributed by atoms with Gasteiger partial charge in [0.1, 0.15) is 0 Å². The number of allylic oxidation sites excluding steroid dienone is 3. The van der Waals surface area contributed by atoms with Crippen LogP contribution in [0.25, 0.3) is 0 Å². The molecule has 2 nitrogen and oxygen atoms in total. The van der Waals surface area contributed by atoms with E-state index >= 15 is 0 Å². The second-order valence-corrected chi connectivity index (χ2v) is 1.31. The van der Waals surface area contributed by atoms with Gasteiger partial charge in [-0.2, -0.15) is 0 Å². The lowest BCUT2D eigenvalue weighted by Crippen LogP contribution is -1.83. The lowest BCUT2D eigenvalue weighted by atomic mass is 10.5. The van der Waals surface area contributed by atoms with E-state index in [1.54, 1.807) is 19.1 Å². The van der Waals surface area contributed by atoms with Crippen LogP contribution >= 0.6 is 0 Å². The molecule has 0 aliphatic rings. The van der Waals surface area contributed by atoms with Crippen molar-refractivity contribution < 1.29 is 9.90 Å². The quantitative estimate of drug-likeness (QED) is 0.470. The van der Waals surface area contributed by atoms with Gasteiger partial charge in [-0.05, 0) is 6.92 Å². The lowest BCUT2D eigenvalue weighted by Gasteiger charge is -1.68. The normalized spacial score (nSPS) is 7.70. The van der Waals surface area contributed by atoms with E-state index in [0.29, 0.717) is 0 Å². The Hall–Kier alpha value is -1.31. The van der Waals surface area contributed by atoms with Gasteiger partial charge in [-0.1, -0.05) is 31.4 Å². The number of carbonyl (C=O) groups is 1. The maximum atomic E-state index is 9.51. The Balaban J connectivity index is 0. The Morgan fingerprint density at radius 3 is 1.80 bits per heavy atom. The van der Waals surface area contributed by atoms with E-state index in [9.17, 15) is 4.79 Å². The van der Waals surface area contributed by atoms with E-state index in [4.69, 9.17) is 5.11 Å². The Kier molecular flexibility index (Phi) is 12.2. The number of hydrogen-bond donors (Lipinski definition) is 1. The van der Waals surface area contributed by atoms with Crippen molar-refractivity contribution >= 4 is 5.97 Å². The molecule has 0 fully saturated rings. The van der Waals surface area contributed by atoms with Crippen LogP contribution in [-0.2, 0) is 4.79 Å². The number of carboxylic acid groups (broad SMARTS) is 1. The Bertz CT molecular complexity index is 128. The number of aliphatic carboxylic acids is 1. The minimum Gasteiger partial charge on any atom is -0.478 e. The number of hydrogen-bond acceptors (Lipinski definition) is 1. The predicted molar refractivity (Wildman–Crippen MR) is 42.8 cm³/mol. The SMILES string of the molecule is C/C=C/C(=O)O.C=CC=C. The summed E-state index contributed by atoms with van der Waals surface area (Å²) >= 11 is 0. The molecular formula is C8H12O2. The first-order chi connectivity index (χ1) is 4.68. The zero-order valence-electron chi connectivity index (χ0n) is 6.08. The Morgan fingerprint density at radius 1 is 1.40 bits per heavy atom.